The second-order valence-electron chi connectivity index (χ2n) is 39.7. The van der Waals surface area contributed by atoms with Crippen molar-refractivity contribution in [3.63, 3.8) is 0 Å². The molecule has 0 unspecified atom stereocenters. The molecule has 11 heteroatoms. The van der Waals surface area contributed by atoms with Crippen molar-refractivity contribution >= 4 is 93.8 Å². The normalized spacial score (nSPS) is 11.7. The van der Waals surface area contributed by atoms with Crippen molar-refractivity contribution in [2.75, 3.05) is 45.2 Å². The molecule has 0 atom stereocenters. The van der Waals surface area contributed by atoms with Crippen LogP contribution in [0.4, 0.5) is 23.3 Å². The first-order chi connectivity index (χ1) is 63.9. The first kappa shape index (κ1) is 120. The summed E-state index contributed by atoms with van der Waals surface area (Å²) in [6.07, 6.45) is 117. The molecule has 0 amide bonds. The first-order valence-electron chi connectivity index (χ1n) is 57.4. The fourth-order valence-corrected chi connectivity index (χ4v) is 26.0. The van der Waals surface area contributed by atoms with Crippen molar-refractivity contribution in [1.29, 1.82) is 0 Å². The molecule has 0 fully saturated rings. The van der Waals surface area contributed by atoms with Crippen molar-refractivity contribution in [1.82, 2.24) is 15.0 Å². The molecule has 0 spiro atoms. The van der Waals surface area contributed by atoms with Crippen LogP contribution in [-0.2, 0) is 0 Å². The van der Waals surface area contributed by atoms with Gasteiger partial charge in [0.2, 0.25) is 11.9 Å². The molecule has 0 aliphatic carbocycles. The van der Waals surface area contributed by atoms with E-state index >= 15 is 0 Å². The minimum atomic E-state index is 0.608. The number of aryl methyl sites for hydroxylation is 1. The van der Waals surface area contributed by atoms with Gasteiger partial charge in [-0.25, -0.2) is 0 Å². The minimum absolute atomic E-state index is 0.608. The van der Waals surface area contributed by atoms with E-state index < -0.39 is 0 Å². The van der Waals surface area contributed by atoms with Crippen LogP contribution in [-0.4, -0.2) is 49.5 Å². The van der Waals surface area contributed by atoms with Crippen LogP contribution in [0, 0.1) is 6.92 Å². The van der Waals surface area contributed by atoms with E-state index in [0.29, 0.717) is 17.7 Å². The standard InChI is InChI=1S/C118H211N5S6/c1-8-14-20-26-32-38-44-50-56-62-68-74-80-86-96-124-110-102-108(103-111(125-97-87-81-75-69-63-57-51-45-39-33-27-21-15-9-2)114(110)128-100-90-84-78-72-66-60-54-48-42-36-30-24-18-12-5)119-117-121-116(107-94-92-106(7)93-95-107)122-118(123-117)120-109-104-112(126-98-88-82-76-70-64-58-52-46-40-34-28-22-16-10-3)115(129-101-91-85-79-73-67-61-55-49-43-37-31-25-19-13-6)113(105-109)127-99-89-83-77-71-65-59-53-47-41-35-29-23-17-11-4/h92-95,102-105H,8-91,96-101H2,1-7H3,(H2,119,120,121,122,123). The Hall–Kier alpha value is -1.63. The Morgan fingerprint density at radius 2 is 0.341 bits per heavy atom. The lowest BCUT2D eigenvalue weighted by Gasteiger charge is -2.19. The van der Waals surface area contributed by atoms with E-state index in [1.54, 1.807) is 0 Å². The van der Waals surface area contributed by atoms with Gasteiger partial charge in [0.15, 0.2) is 5.82 Å². The van der Waals surface area contributed by atoms with Gasteiger partial charge in [0.05, 0.1) is 0 Å². The Balaban J connectivity index is 1.69. The summed E-state index contributed by atoms with van der Waals surface area (Å²) < 4.78 is 0. The Kier molecular flexibility index (Phi) is 86.0. The number of hydrogen-bond donors (Lipinski definition) is 2. The summed E-state index contributed by atoms with van der Waals surface area (Å²) in [7, 11) is 0. The molecule has 5 nitrogen and oxygen atoms in total. The van der Waals surface area contributed by atoms with Gasteiger partial charge in [-0.3, -0.25) is 0 Å². The van der Waals surface area contributed by atoms with Gasteiger partial charge in [-0.15, -0.1) is 70.6 Å². The van der Waals surface area contributed by atoms with Crippen molar-refractivity contribution in [2.24, 2.45) is 0 Å². The van der Waals surface area contributed by atoms with Crippen LogP contribution >= 0.6 is 70.6 Å². The highest BCUT2D eigenvalue weighted by Crippen LogP contribution is 2.46. The fourth-order valence-electron chi connectivity index (χ4n) is 18.4. The van der Waals surface area contributed by atoms with Crippen molar-refractivity contribution in [3.8, 4) is 11.4 Å². The SMILES string of the molecule is CCCCCCCCCCCCCCCCSc1cc(Nc2nc(Nc3cc(SCCCCCCCCCCCCCCCC)c(SCCCCCCCCCCCCCCCC)c(SCCCCCCCCCCCCCCCC)c3)nc(-c3ccc(C)cc3)n2)cc(SCCCCCCCCCCCCCCCC)c1SCCCCCCCCCCCCCCCC. The number of aromatic nitrogens is 3. The van der Waals surface area contributed by atoms with Gasteiger partial charge in [0, 0.05) is 46.3 Å². The maximum Gasteiger partial charge on any atom is 0.232 e. The maximum atomic E-state index is 5.47. The van der Waals surface area contributed by atoms with E-state index in [0.717, 1.165) is 39.9 Å². The molecule has 1 aromatic heterocycles. The van der Waals surface area contributed by atoms with E-state index in [-0.39, 0.29) is 0 Å². The highest BCUT2D eigenvalue weighted by atomic mass is 32.2. The van der Waals surface area contributed by atoms with E-state index in [1.807, 2.05) is 0 Å². The van der Waals surface area contributed by atoms with Gasteiger partial charge in [-0.2, -0.15) is 15.0 Å². The number of rotatable bonds is 101. The summed E-state index contributed by atoms with van der Waals surface area (Å²) in [5.74, 6) is 8.92. The monoisotopic (exact) mass is 1890 g/mol. The summed E-state index contributed by atoms with van der Waals surface area (Å²) in [6, 6.07) is 18.9. The third-order valence-corrected chi connectivity index (χ3v) is 34.5. The van der Waals surface area contributed by atoms with E-state index in [2.05, 4.69) is 178 Å². The summed E-state index contributed by atoms with van der Waals surface area (Å²) in [5, 5.41) is 7.95. The Labute approximate surface area is 829 Å². The van der Waals surface area contributed by atoms with Gasteiger partial charge in [-0.1, -0.05) is 572 Å². The zero-order valence-electron chi connectivity index (χ0n) is 86.5. The van der Waals surface area contributed by atoms with E-state index in [9.17, 15) is 0 Å². The predicted molar refractivity (Wildman–Crippen MR) is 596 cm³/mol. The van der Waals surface area contributed by atoms with Gasteiger partial charge < -0.3 is 10.6 Å². The summed E-state index contributed by atoms with van der Waals surface area (Å²) in [5.41, 5.74) is 4.45. The molecule has 129 heavy (non-hydrogen) atoms. The minimum Gasteiger partial charge on any atom is -0.324 e. The van der Waals surface area contributed by atoms with Gasteiger partial charge in [-0.05, 0) is 104 Å². The van der Waals surface area contributed by atoms with Crippen LogP contribution < -0.4 is 10.6 Å². The van der Waals surface area contributed by atoms with Crippen LogP contribution in [0.25, 0.3) is 11.4 Å². The second-order valence-corrected chi connectivity index (χ2v) is 46.5. The third kappa shape index (κ3) is 70.6. The molecule has 0 saturated carbocycles. The number of nitrogens with zero attached hydrogens (tertiary/aromatic N) is 3. The molecule has 1 heterocycles. The summed E-state index contributed by atoms with van der Waals surface area (Å²) in [4.78, 5) is 25.1. The summed E-state index contributed by atoms with van der Waals surface area (Å²) in [6.45, 7) is 16.2. The lowest BCUT2D eigenvalue weighted by molar-refractivity contribution is 0.538. The molecule has 0 saturated heterocycles. The van der Waals surface area contributed by atoms with E-state index in [1.165, 1.54) is 586 Å². The molecule has 744 valence electrons. The molecule has 4 aromatic rings. The number of hydrogen-bond acceptors (Lipinski definition) is 11. The number of unbranched alkanes of at least 4 members (excludes halogenated alkanes) is 78. The average molecular weight is 1890 g/mol. The molecule has 0 aliphatic heterocycles. The number of nitrogens with one attached hydrogen (secondary N) is 2. The predicted octanol–water partition coefficient (Wildman–Crippen LogP) is 44.8. The Morgan fingerprint density at radius 1 is 0.186 bits per heavy atom. The Bertz CT molecular complexity index is 2750. The van der Waals surface area contributed by atoms with E-state index in [4.69, 9.17) is 15.0 Å². The molecule has 0 radical (unpaired) electrons. The quantitative estimate of drug-likeness (QED) is 0.0328. The molecule has 3 aromatic carbocycles. The molecular weight excluding hydrogens is 1680 g/mol. The topological polar surface area (TPSA) is 62.7 Å². The smallest absolute Gasteiger partial charge is 0.232 e. The van der Waals surface area contributed by atoms with Crippen molar-refractivity contribution < 1.29 is 0 Å². The van der Waals surface area contributed by atoms with Crippen LogP contribution in [0.3, 0.4) is 0 Å². The molecular formula is C118H211N5S6. The van der Waals surface area contributed by atoms with Crippen LogP contribution in [0.2, 0.25) is 0 Å². The highest BCUT2D eigenvalue weighted by molar-refractivity contribution is 8.04. The van der Waals surface area contributed by atoms with Crippen molar-refractivity contribution in [3.05, 3.63) is 54.1 Å². The fraction of sp³-hybridized carbons (Fsp3) is 0.822. The number of thioether (sulfide) groups is 6. The second kappa shape index (κ2) is 92.7. The zero-order valence-corrected chi connectivity index (χ0v) is 91.4. The van der Waals surface area contributed by atoms with Crippen LogP contribution in [0.15, 0.2) is 77.9 Å². The number of benzene rings is 3. The highest BCUT2D eigenvalue weighted by Gasteiger charge is 2.20. The number of anilines is 4. The molecule has 0 aliphatic rings. The first-order valence-corrected chi connectivity index (χ1v) is 63.3. The van der Waals surface area contributed by atoms with Gasteiger partial charge >= 0.3 is 0 Å². The molecule has 2 N–H and O–H groups in total. The lowest BCUT2D eigenvalue weighted by Crippen LogP contribution is -2.06. The summed E-state index contributed by atoms with van der Waals surface area (Å²) >= 11 is 12.9. The zero-order chi connectivity index (χ0) is 91.6. The average Bonchev–Trinajstić information content (AvgIpc) is 0.806. The third-order valence-electron chi connectivity index (χ3n) is 27.0. The van der Waals surface area contributed by atoms with Crippen molar-refractivity contribution in [2.45, 2.75) is 617 Å². The van der Waals surface area contributed by atoms with Crippen LogP contribution in [0.1, 0.15) is 586 Å². The largest absolute Gasteiger partial charge is 0.324 e. The molecule has 0 bridgehead atoms. The Morgan fingerprint density at radius 3 is 0.512 bits per heavy atom. The van der Waals surface area contributed by atoms with Gasteiger partial charge in [0.25, 0.3) is 0 Å². The van der Waals surface area contributed by atoms with Gasteiger partial charge in [0.1, 0.15) is 0 Å². The molecule has 4 rings (SSSR count). The van der Waals surface area contributed by atoms with Crippen LogP contribution in [0.5, 0.6) is 0 Å². The maximum absolute atomic E-state index is 5.47. The lowest BCUT2D eigenvalue weighted by atomic mass is 10.0.